The monoisotopic (exact) mass is 707 g/mol. The fourth-order valence-electron chi connectivity index (χ4n) is 5.52. The summed E-state index contributed by atoms with van der Waals surface area (Å²) in [4.78, 5) is 55.3. The number of methoxy groups -OCH3 is 2. The molecule has 2 heterocycles. The molecule has 1 saturated heterocycles. The van der Waals surface area contributed by atoms with Crippen LogP contribution in [-0.2, 0) is 18.9 Å². The highest BCUT2D eigenvalue weighted by Crippen LogP contribution is 2.47. The molecule has 0 aromatic heterocycles. The molecule has 3 aromatic carbocycles. The number of rotatable bonds is 9. The molecular formula is C32H39ClN3O9PS. The SMILES string of the molecule is COc1ccc([C@@H]2Sc3cc(Cl)ccc3N(CCCN3CCN(c4ccccc4OC)CC3)C(=O)[C@@H]2OC(C)=O)cc1.O=P(O)(O)O. The van der Waals surface area contributed by atoms with Crippen molar-refractivity contribution in [1.82, 2.24) is 4.90 Å². The Kier molecular flexibility index (Phi) is 13.0. The second-order valence-electron chi connectivity index (χ2n) is 10.8. The van der Waals surface area contributed by atoms with Gasteiger partial charge in [0.25, 0.3) is 5.91 Å². The zero-order valence-electron chi connectivity index (χ0n) is 26.3. The van der Waals surface area contributed by atoms with E-state index in [0.29, 0.717) is 17.3 Å². The molecule has 5 rings (SSSR count). The summed E-state index contributed by atoms with van der Waals surface area (Å²) < 4.78 is 25.5. The number of phosphoric acid groups is 1. The summed E-state index contributed by atoms with van der Waals surface area (Å²) in [5.74, 6) is 0.865. The average Bonchev–Trinajstić information content (AvgIpc) is 3.14. The number of halogens is 1. The molecule has 2 aliphatic heterocycles. The van der Waals surface area contributed by atoms with Crippen molar-refractivity contribution < 1.29 is 43.0 Å². The average molecular weight is 708 g/mol. The van der Waals surface area contributed by atoms with Crippen LogP contribution in [0.1, 0.15) is 24.2 Å². The number of amides is 1. The Bertz CT molecular complexity index is 1560. The van der Waals surface area contributed by atoms with Gasteiger partial charge in [0.2, 0.25) is 0 Å². The van der Waals surface area contributed by atoms with Crippen molar-refractivity contribution in [2.75, 3.05) is 63.3 Å². The predicted octanol–water partition coefficient (Wildman–Crippen LogP) is 4.75. The van der Waals surface area contributed by atoms with Gasteiger partial charge in [-0.15, -0.1) is 11.8 Å². The quantitative estimate of drug-likeness (QED) is 0.208. The van der Waals surface area contributed by atoms with Crippen LogP contribution in [-0.4, -0.2) is 91.0 Å². The van der Waals surface area contributed by atoms with E-state index in [1.807, 2.05) is 54.6 Å². The molecule has 2 atom stereocenters. The van der Waals surface area contributed by atoms with E-state index in [4.69, 9.17) is 45.1 Å². The fourth-order valence-corrected chi connectivity index (χ4v) is 7.11. The van der Waals surface area contributed by atoms with Crippen LogP contribution in [0.2, 0.25) is 5.02 Å². The first-order chi connectivity index (χ1) is 22.4. The molecule has 3 N–H and O–H groups in total. The molecule has 254 valence electrons. The molecule has 47 heavy (non-hydrogen) atoms. The van der Waals surface area contributed by atoms with E-state index < -0.39 is 25.1 Å². The van der Waals surface area contributed by atoms with Gasteiger partial charge in [-0.3, -0.25) is 14.5 Å². The Morgan fingerprint density at radius 3 is 2.21 bits per heavy atom. The highest BCUT2D eigenvalue weighted by atomic mass is 35.5. The number of esters is 1. The Morgan fingerprint density at radius 2 is 1.60 bits per heavy atom. The maximum absolute atomic E-state index is 14.1. The first-order valence-electron chi connectivity index (χ1n) is 14.8. The molecular weight excluding hydrogens is 669 g/mol. The van der Waals surface area contributed by atoms with E-state index in [0.717, 1.165) is 66.7 Å². The minimum Gasteiger partial charge on any atom is -0.497 e. The molecule has 2 aliphatic rings. The number of benzene rings is 3. The van der Waals surface area contributed by atoms with Gasteiger partial charge in [-0.25, -0.2) is 4.57 Å². The number of para-hydroxylation sites is 2. The number of nitrogens with zero attached hydrogens (tertiary/aromatic N) is 3. The van der Waals surface area contributed by atoms with Gasteiger partial charge >= 0.3 is 13.8 Å². The van der Waals surface area contributed by atoms with Crippen LogP contribution >= 0.6 is 31.2 Å². The van der Waals surface area contributed by atoms with E-state index in [1.54, 1.807) is 25.2 Å². The second-order valence-corrected chi connectivity index (χ2v) is 13.5. The normalized spacial score (nSPS) is 18.4. The van der Waals surface area contributed by atoms with Crippen molar-refractivity contribution >= 4 is 54.4 Å². The molecule has 1 fully saturated rings. The summed E-state index contributed by atoms with van der Waals surface area (Å²) in [6.07, 6.45) is -0.218. The van der Waals surface area contributed by atoms with Crippen molar-refractivity contribution in [3.8, 4) is 11.5 Å². The summed E-state index contributed by atoms with van der Waals surface area (Å²) in [7, 11) is -1.33. The number of fused-ring (bicyclic) bond motifs is 1. The van der Waals surface area contributed by atoms with Crippen LogP contribution in [0.5, 0.6) is 11.5 Å². The molecule has 15 heteroatoms. The lowest BCUT2D eigenvalue weighted by Crippen LogP contribution is -2.48. The van der Waals surface area contributed by atoms with Gasteiger partial charge in [-0.2, -0.15) is 0 Å². The fraction of sp³-hybridized carbons (Fsp3) is 0.375. The zero-order valence-corrected chi connectivity index (χ0v) is 28.8. The molecule has 0 spiro atoms. The van der Waals surface area contributed by atoms with Crippen LogP contribution in [0.25, 0.3) is 0 Å². The summed E-state index contributed by atoms with van der Waals surface area (Å²) >= 11 is 7.90. The van der Waals surface area contributed by atoms with Gasteiger partial charge in [0.05, 0.1) is 30.8 Å². The number of thioether (sulfide) groups is 1. The van der Waals surface area contributed by atoms with Gasteiger partial charge in [-0.05, 0) is 61.0 Å². The van der Waals surface area contributed by atoms with Crippen LogP contribution in [0.15, 0.2) is 71.6 Å². The zero-order chi connectivity index (χ0) is 34.1. The number of carbonyl (C=O) groups excluding carboxylic acids is 2. The first kappa shape index (κ1) is 36.5. The summed E-state index contributed by atoms with van der Waals surface area (Å²) in [5, 5.41) is 0.138. The van der Waals surface area contributed by atoms with Gasteiger partial charge in [0.1, 0.15) is 11.5 Å². The van der Waals surface area contributed by atoms with Crippen LogP contribution < -0.4 is 19.3 Å². The van der Waals surface area contributed by atoms with E-state index in [-0.39, 0.29) is 5.91 Å². The summed E-state index contributed by atoms with van der Waals surface area (Å²) in [5.41, 5.74) is 2.76. The topological polar surface area (TPSA) is 149 Å². The van der Waals surface area contributed by atoms with Crippen LogP contribution in [0.3, 0.4) is 0 Å². The van der Waals surface area contributed by atoms with Crippen molar-refractivity contribution in [3.05, 3.63) is 77.3 Å². The van der Waals surface area contributed by atoms with Crippen molar-refractivity contribution in [1.29, 1.82) is 0 Å². The van der Waals surface area contributed by atoms with Gasteiger partial charge < -0.3 is 38.7 Å². The van der Waals surface area contributed by atoms with Gasteiger partial charge in [-0.1, -0.05) is 35.9 Å². The minimum atomic E-state index is -4.64. The molecule has 3 aromatic rings. The Morgan fingerprint density at radius 1 is 0.936 bits per heavy atom. The number of piperazine rings is 1. The lowest BCUT2D eigenvalue weighted by atomic mass is 10.1. The number of hydrogen-bond donors (Lipinski definition) is 3. The molecule has 1 amide bonds. The lowest BCUT2D eigenvalue weighted by Gasteiger charge is -2.37. The van der Waals surface area contributed by atoms with Crippen molar-refractivity contribution in [3.63, 3.8) is 0 Å². The largest absolute Gasteiger partial charge is 0.497 e. The molecule has 0 bridgehead atoms. The summed E-state index contributed by atoms with van der Waals surface area (Å²) in [6.45, 7) is 6.33. The third-order valence-electron chi connectivity index (χ3n) is 7.64. The Balaban J connectivity index is 0.000000930. The first-order valence-corrected chi connectivity index (χ1v) is 17.7. The van der Waals surface area contributed by atoms with E-state index in [1.165, 1.54) is 18.7 Å². The highest BCUT2D eigenvalue weighted by Gasteiger charge is 2.41. The Hall–Kier alpha value is -3.29. The highest BCUT2D eigenvalue weighted by molar-refractivity contribution is 7.99. The van der Waals surface area contributed by atoms with E-state index in [2.05, 4.69) is 15.9 Å². The molecule has 0 unspecified atom stereocenters. The van der Waals surface area contributed by atoms with Crippen molar-refractivity contribution in [2.45, 2.75) is 29.6 Å². The van der Waals surface area contributed by atoms with Crippen LogP contribution in [0.4, 0.5) is 11.4 Å². The minimum absolute atomic E-state index is 0.236. The van der Waals surface area contributed by atoms with Crippen LogP contribution in [0, 0.1) is 0 Å². The molecule has 12 nitrogen and oxygen atoms in total. The third-order valence-corrected chi connectivity index (χ3v) is 9.23. The second kappa shape index (κ2) is 16.7. The van der Waals surface area contributed by atoms with E-state index >= 15 is 0 Å². The number of anilines is 2. The number of ether oxygens (including phenoxy) is 3. The standard InChI is InChI=1S/C32H36ClN3O5S.H3O4P/c1-22(37)41-30-31(23-9-12-25(39-2)13-10-23)42-29-21-24(33)11-14-27(29)36(32(30)38)16-6-15-34-17-19-35(20-18-34)26-7-4-5-8-28(26)40-3;1-5(2,3)4/h4-5,7-14,21,30-31H,6,15-20H2,1-3H3;(H3,1,2,3,4)/t30-,31+;/m1./s1. The molecule has 0 saturated carbocycles. The lowest BCUT2D eigenvalue weighted by molar-refractivity contribution is -0.152. The molecule has 0 aliphatic carbocycles. The Labute approximate surface area is 283 Å². The van der Waals surface area contributed by atoms with Gasteiger partial charge in [0.15, 0.2) is 6.10 Å². The molecule has 0 radical (unpaired) electrons. The maximum atomic E-state index is 14.1. The van der Waals surface area contributed by atoms with Crippen molar-refractivity contribution in [2.24, 2.45) is 0 Å². The number of hydrogen-bond acceptors (Lipinski definition) is 9. The maximum Gasteiger partial charge on any atom is 0.466 e. The summed E-state index contributed by atoms with van der Waals surface area (Å²) in [6, 6.07) is 21.2. The number of carbonyl (C=O) groups is 2. The van der Waals surface area contributed by atoms with E-state index in [9.17, 15) is 9.59 Å². The van der Waals surface area contributed by atoms with Gasteiger partial charge in [0, 0.05) is 49.6 Å². The predicted molar refractivity (Wildman–Crippen MR) is 181 cm³/mol. The third kappa shape index (κ3) is 10.3. The smallest absolute Gasteiger partial charge is 0.466 e.